The molecule has 186 valence electrons. The summed E-state index contributed by atoms with van der Waals surface area (Å²) in [7, 11) is 0. The maximum atomic E-state index is 12.8. The smallest absolute Gasteiger partial charge is 0.272 e. The Balaban J connectivity index is 1.45. The van der Waals surface area contributed by atoms with Gasteiger partial charge in [0.2, 0.25) is 5.91 Å². The molecule has 1 saturated heterocycles. The van der Waals surface area contributed by atoms with Gasteiger partial charge in [-0.25, -0.2) is 4.98 Å². The zero-order valence-electron chi connectivity index (χ0n) is 20.8. The predicted molar refractivity (Wildman–Crippen MR) is 137 cm³/mol. The predicted octanol–water partition coefficient (Wildman–Crippen LogP) is 3.62. The normalized spacial score (nSPS) is 19.5. The van der Waals surface area contributed by atoms with Crippen LogP contribution >= 0.6 is 0 Å². The molecule has 9 nitrogen and oxygen atoms in total. The van der Waals surface area contributed by atoms with Crippen molar-refractivity contribution in [3.05, 3.63) is 65.9 Å². The Morgan fingerprint density at radius 2 is 1.78 bits per heavy atom. The Kier molecular flexibility index (Phi) is 6.65. The van der Waals surface area contributed by atoms with Crippen molar-refractivity contribution in [2.75, 3.05) is 36.5 Å². The van der Waals surface area contributed by atoms with Crippen LogP contribution in [0.1, 0.15) is 48.1 Å². The number of pyridine rings is 1. The van der Waals surface area contributed by atoms with Crippen molar-refractivity contribution in [2.24, 2.45) is 0 Å². The van der Waals surface area contributed by atoms with E-state index in [1.807, 2.05) is 30.0 Å². The van der Waals surface area contributed by atoms with Crippen molar-refractivity contribution in [2.45, 2.75) is 39.3 Å². The lowest BCUT2D eigenvalue weighted by atomic mass is 9.89. The summed E-state index contributed by atoms with van der Waals surface area (Å²) >= 11 is 0. The van der Waals surface area contributed by atoms with E-state index in [1.54, 1.807) is 36.5 Å². The van der Waals surface area contributed by atoms with E-state index in [0.717, 1.165) is 34.5 Å². The molecule has 2 aromatic heterocycles. The van der Waals surface area contributed by atoms with Crippen molar-refractivity contribution in [3.63, 3.8) is 0 Å². The minimum atomic E-state index is -0.0788. The molecule has 36 heavy (non-hydrogen) atoms. The molecular weight excluding hydrogens is 456 g/mol. The Morgan fingerprint density at radius 1 is 1.00 bits per heavy atom. The van der Waals surface area contributed by atoms with Gasteiger partial charge >= 0.3 is 0 Å². The van der Waals surface area contributed by atoms with Crippen molar-refractivity contribution in [1.29, 1.82) is 0 Å². The molecule has 2 aliphatic heterocycles. The molecule has 1 N–H and O–H groups in total. The number of morpholine rings is 1. The highest BCUT2D eigenvalue weighted by Gasteiger charge is 2.33. The fourth-order valence-electron chi connectivity index (χ4n) is 4.93. The number of rotatable bonds is 4. The third-order valence-corrected chi connectivity index (χ3v) is 6.74. The maximum Gasteiger partial charge on any atom is 0.272 e. The van der Waals surface area contributed by atoms with Crippen molar-refractivity contribution in [1.82, 2.24) is 19.9 Å². The van der Waals surface area contributed by atoms with Gasteiger partial charge in [-0.3, -0.25) is 19.6 Å². The molecule has 3 aromatic rings. The van der Waals surface area contributed by atoms with Crippen LogP contribution in [0.15, 0.2) is 48.9 Å². The first kappa shape index (κ1) is 23.9. The van der Waals surface area contributed by atoms with E-state index in [0.29, 0.717) is 37.8 Å². The molecule has 2 atom stereocenters. The van der Waals surface area contributed by atoms with Gasteiger partial charge in [-0.15, -0.1) is 0 Å². The van der Waals surface area contributed by atoms with E-state index in [2.05, 4.69) is 33.3 Å². The van der Waals surface area contributed by atoms with Crippen molar-refractivity contribution in [3.8, 4) is 11.1 Å². The summed E-state index contributed by atoms with van der Waals surface area (Å²) in [5.74, 6) is 0.626. The molecule has 4 heterocycles. The molecule has 9 heteroatoms. The molecule has 0 radical (unpaired) electrons. The molecule has 2 unspecified atom stereocenters. The molecule has 1 aromatic carbocycles. The van der Waals surface area contributed by atoms with Crippen LogP contribution in [0.4, 0.5) is 11.5 Å². The van der Waals surface area contributed by atoms with Crippen LogP contribution in [0, 0.1) is 6.92 Å². The second kappa shape index (κ2) is 10.0. The Morgan fingerprint density at radius 3 is 2.44 bits per heavy atom. The fourth-order valence-corrected chi connectivity index (χ4v) is 4.93. The molecule has 2 amide bonds. The quantitative estimate of drug-likeness (QED) is 0.601. The van der Waals surface area contributed by atoms with Crippen molar-refractivity contribution >= 4 is 23.3 Å². The van der Waals surface area contributed by atoms with Crippen molar-refractivity contribution < 1.29 is 14.3 Å². The Labute approximate surface area is 210 Å². The number of carbonyl (C=O) groups excluding carboxylic acids is 2. The summed E-state index contributed by atoms with van der Waals surface area (Å²) in [6.45, 7) is 7.83. The van der Waals surface area contributed by atoms with Gasteiger partial charge in [0.05, 0.1) is 37.3 Å². The second-order valence-corrected chi connectivity index (χ2v) is 9.32. The molecule has 0 saturated carbocycles. The van der Waals surface area contributed by atoms with E-state index >= 15 is 0 Å². The van der Waals surface area contributed by atoms with Gasteiger partial charge in [-0.05, 0) is 49.6 Å². The van der Waals surface area contributed by atoms with E-state index < -0.39 is 0 Å². The number of amides is 2. The topological polar surface area (TPSA) is 101 Å². The number of hydrogen-bond donors (Lipinski definition) is 1. The highest BCUT2D eigenvalue weighted by Crippen LogP contribution is 2.40. The zero-order chi connectivity index (χ0) is 25.2. The number of aromatic nitrogens is 3. The molecular formula is C27H30N6O3. The second-order valence-electron chi connectivity index (χ2n) is 9.32. The Hall–Kier alpha value is -3.85. The molecule has 0 spiro atoms. The third kappa shape index (κ3) is 4.79. The first-order valence-electron chi connectivity index (χ1n) is 12.2. The lowest BCUT2D eigenvalue weighted by molar-refractivity contribution is -0.117. The van der Waals surface area contributed by atoms with Gasteiger partial charge in [0.15, 0.2) is 0 Å². The largest absolute Gasteiger partial charge is 0.378 e. The highest BCUT2D eigenvalue weighted by atomic mass is 16.5. The average Bonchev–Trinajstić information content (AvgIpc) is 2.90. The van der Waals surface area contributed by atoms with E-state index in [4.69, 9.17) is 4.74 Å². The molecule has 5 rings (SSSR count). The van der Waals surface area contributed by atoms with Crippen LogP contribution in [-0.4, -0.2) is 64.0 Å². The summed E-state index contributed by atoms with van der Waals surface area (Å²) in [4.78, 5) is 42.1. The van der Waals surface area contributed by atoms with Crippen LogP contribution in [-0.2, 0) is 9.53 Å². The minimum Gasteiger partial charge on any atom is -0.378 e. The minimum absolute atomic E-state index is 0.0118. The first-order chi connectivity index (χ1) is 17.4. The number of benzene rings is 1. The van der Waals surface area contributed by atoms with Gasteiger partial charge in [-0.1, -0.05) is 12.1 Å². The number of anilines is 2. The maximum absolute atomic E-state index is 12.8. The molecule has 2 aliphatic rings. The average molecular weight is 487 g/mol. The molecule has 1 fully saturated rings. The summed E-state index contributed by atoms with van der Waals surface area (Å²) in [5, 5.41) is 3.51. The monoisotopic (exact) mass is 486 g/mol. The summed E-state index contributed by atoms with van der Waals surface area (Å²) in [5.41, 5.74) is 5.04. The van der Waals surface area contributed by atoms with Crippen LogP contribution in [0.5, 0.6) is 0 Å². The third-order valence-electron chi connectivity index (χ3n) is 6.74. The van der Waals surface area contributed by atoms with Crippen LogP contribution in [0.2, 0.25) is 0 Å². The van der Waals surface area contributed by atoms with Gasteiger partial charge in [0.25, 0.3) is 5.91 Å². The van der Waals surface area contributed by atoms with Crippen LogP contribution in [0.25, 0.3) is 11.1 Å². The van der Waals surface area contributed by atoms with Gasteiger partial charge in [-0.2, -0.15) is 0 Å². The van der Waals surface area contributed by atoms with E-state index in [9.17, 15) is 9.59 Å². The Bertz CT molecular complexity index is 1260. The highest BCUT2D eigenvalue weighted by molar-refractivity contribution is 5.95. The standard InChI is InChI=1S/C27H30N6O3/c1-17-14-30-26(16-28-17)31-24-12-18(2)33(19(3)34)25-7-5-20(13-22(24)25)21-4-6-23(29-15-21)27(35)32-8-10-36-11-9-32/h4-7,13-16,18,24H,8-12H2,1-3H3,(H,30,31). The number of nitrogens with one attached hydrogen (secondary N) is 1. The van der Waals surface area contributed by atoms with Gasteiger partial charge in [0.1, 0.15) is 11.5 Å². The SMILES string of the molecule is CC(=O)N1c2ccc(-c3ccc(C(=O)N4CCOCC4)nc3)cc2C(Nc2cnc(C)cn2)CC1C. The first-order valence-corrected chi connectivity index (χ1v) is 12.2. The fraction of sp³-hybridized carbons (Fsp3) is 0.370. The lowest BCUT2D eigenvalue weighted by Gasteiger charge is -2.39. The summed E-state index contributed by atoms with van der Waals surface area (Å²) in [6, 6.07) is 9.76. The summed E-state index contributed by atoms with van der Waals surface area (Å²) in [6.07, 6.45) is 5.93. The van der Waals surface area contributed by atoms with Crippen LogP contribution < -0.4 is 10.2 Å². The number of hydrogen-bond acceptors (Lipinski definition) is 7. The van der Waals surface area contributed by atoms with E-state index in [-0.39, 0.29) is 23.9 Å². The summed E-state index contributed by atoms with van der Waals surface area (Å²) < 4.78 is 5.34. The number of ether oxygens (including phenoxy) is 1. The molecule has 0 bridgehead atoms. The van der Waals surface area contributed by atoms with Crippen LogP contribution in [0.3, 0.4) is 0 Å². The number of aryl methyl sites for hydroxylation is 1. The number of carbonyl (C=O) groups is 2. The van der Waals surface area contributed by atoms with Gasteiger partial charge in [0, 0.05) is 43.5 Å². The number of fused-ring (bicyclic) bond motifs is 1. The lowest BCUT2D eigenvalue weighted by Crippen LogP contribution is -2.43. The molecule has 0 aliphatic carbocycles. The number of nitrogens with zero attached hydrogens (tertiary/aromatic N) is 5. The van der Waals surface area contributed by atoms with E-state index in [1.165, 1.54) is 0 Å². The van der Waals surface area contributed by atoms with Gasteiger partial charge < -0.3 is 19.9 Å². The zero-order valence-corrected chi connectivity index (χ0v) is 20.8.